The lowest BCUT2D eigenvalue weighted by Gasteiger charge is -2.32. The second-order valence-electron chi connectivity index (χ2n) is 7.57. The number of hydrogen-bond acceptors (Lipinski definition) is 3. The largest absolute Gasteiger partial charge is 0.489 e. The summed E-state index contributed by atoms with van der Waals surface area (Å²) < 4.78 is 5.84. The SMILES string of the molecule is CC1CCCN(C(=O)C2CC(=O)N(c3ccccc3OC(C)C)C2)C1. The summed E-state index contributed by atoms with van der Waals surface area (Å²) in [7, 11) is 0. The highest BCUT2D eigenvalue weighted by molar-refractivity contribution is 6.01. The molecule has 0 saturated carbocycles. The summed E-state index contributed by atoms with van der Waals surface area (Å²) >= 11 is 0. The van der Waals surface area contributed by atoms with Crippen LogP contribution in [0.3, 0.4) is 0 Å². The molecule has 2 heterocycles. The van der Waals surface area contributed by atoms with Crippen molar-refractivity contribution < 1.29 is 14.3 Å². The molecule has 2 fully saturated rings. The summed E-state index contributed by atoms with van der Waals surface area (Å²) in [6.45, 7) is 8.20. The molecule has 1 aromatic rings. The van der Waals surface area contributed by atoms with Gasteiger partial charge in [0.05, 0.1) is 17.7 Å². The van der Waals surface area contributed by atoms with Gasteiger partial charge in [0, 0.05) is 26.1 Å². The number of nitrogens with zero attached hydrogens (tertiary/aromatic N) is 2. The lowest BCUT2D eigenvalue weighted by Crippen LogP contribution is -2.43. The monoisotopic (exact) mass is 344 g/mol. The van der Waals surface area contributed by atoms with Gasteiger partial charge in [0.15, 0.2) is 0 Å². The maximum absolute atomic E-state index is 12.8. The summed E-state index contributed by atoms with van der Waals surface area (Å²) in [4.78, 5) is 29.1. The van der Waals surface area contributed by atoms with Gasteiger partial charge in [-0.3, -0.25) is 9.59 Å². The zero-order valence-corrected chi connectivity index (χ0v) is 15.4. The van der Waals surface area contributed by atoms with Crippen LogP contribution < -0.4 is 9.64 Å². The van der Waals surface area contributed by atoms with Gasteiger partial charge in [-0.25, -0.2) is 0 Å². The van der Waals surface area contributed by atoms with E-state index in [2.05, 4.69) is 6.92 Å². The van der Waals surface area contributed by atoms with Crippen LogP contribution in [0.25, 0.3) is 0 Å². The molecule has 0 radical (unpaired) electrons. The van der Waals surface area contributed by atoms with E-state index in [-0.39, 0.29) is 23.8 Å². The average Bonchev–Trinajstić information content (AvgIpc) is 2.96. The quantitative estimate of drug-likeness (QED) is 0.843. The first kappa shape index (κ1) is 17.8. The number of benzene rings is 1. The van der Waals surface area contributed by atoms with E-state index in [0.717, 1.165) is 25.2 Å². The third-order valence-electron chi connectivity index (χ3n) is 4.96. The van der Waals surface area contributed by atoms with Gasteiger partial charge in [-0.15, -0.1) is 0 Å². The normalized spacial score (nSPS) is 24.1. The van der Waals surface area contributed by atoms with E-state index in [1.54, 1.807) is 4.90 Å². The molecule has 2 aliphatic rings. The second kappa shape index (κ2) is 7.46. The third-order valence-corrected chi connectivity index (χ3v) is 4.96. The van der Waals surface area contributed by atoms with Crippen molar-refractivity contribution in [1.29, 1.82) is 0 Å². The molecule has 2 saturated heterocycles. The number of rotatable bonds is 4. The zero-order chi connectivity index (χ0) is 18.0. The molecule has 0 spiro atoms. The van der Waals surface area contributed by atoms with Gasteiger partial charge in [-0.05, 0) is 44.7 Å². The minimum atomic E-state index is -0.245. The number of carbonyl (C=O) groups excluding carboxylic acids is 2. The Morgan fingerprint density at radius 1 is 1.24 bits per heavy atom. The van der Waals surface area contributed by atoms with Crippen LogP contribution >= 0.6 is 0 Å². The van der Waals surface area contributed by atoms with E-state index in [4.69, 9.17) is 4.74 Å². The Morgan fingerprint density at radius 2 is 2.00 bits per heavy atom. The van der Waals surface area contributed by atoms with Crippen molar-refractivity contribution >= 4 is 17.5 Å². The van der Waals surface area contributed by atoms with Gasteiger partial charge in [0.25, 0.3) is 0 Å². The van der Waals surface area contributed by atoms with Gasteiger partial charge < -0.3 is 14.5 Å². The molecule has 2 atom stereocenters. The van der Waals surface area contributed by atoms with Crippen molar-refractivity contribution in [1.82, 2.24) is 4.90 Å². The highest BCUT2D eigenvalue weighted by Crippen LogP contribution is 2.34. The molecule has 5 nitrogen and oxygen atoms in total. The molecule has 0 aromatic heterocycles. The second-order valence-corrected chi connectivity index (χ2v) is 7.57. The number of ether oxygens (including phenoxy) is 1. The summed E-state index contributed by atoms with van der Waals surface area (Å²) in [5.74, 6) is 1.13. The first-order valence-corrected chi connectivity index (χ1v) is 9.30. The number of piperidine rings is 1. The molecule has 5 heteroatoms. The molecular weight excluding hydrogens is 316 g/mol. The van der Waals surface area contributed by atoms with Crippen molar-refractivity contribution in [2.24, 2.45) is 11.8 Å². The minimum Gasteiger partial charge on any atom is -0.489 e. The predicted molar refractivity (Wildman–Crippen MR) is 97.6 cm³/mol. The average molecular weight is 344 g/mol. The van der Waals surface area contributed by atoms with E-state index in [1.807, 2.05) is 43.0 Å². The van der Waals surface area contributed by atoms with Gasteiger partial charge in [-0.2, -0.15) is 0 Å². The molecule has 0 N–H and O–H groups in total. The number of amides is 2. The molecular formula is C20H28N2O3. The Balaban J connectivity index is 1.74. The molecule has 2 unspecified atom stereocenters. The van der Waals surface area contributed by atoms with E-state index < -0.39 is 0 Å². The van der Waals surface area contributed by atoms with Gasteiger partial charge >= 0.3 is 0 Å². The first-order valence-electron chi connectivity index (χ1n) is 9.30. The van der Waals surface area contributed by atoms with Gasteiger partial charge in [0.1, 0.15) is 5.75 Å². The van der Waals surface area contributed by atoms with Gasteiger partial charge in [0.2, 0.25) is 11.8 Å². The summed E-state index contributed by atoms with van der Waals surface area (Å²) in [6.07, 6.45) is 2.56. The molecule has 2 amide bonds. The van der Waals surface area contributed by atoms with Crippen LogP contribution in [0.15, 0.2) is 24.3 Å². The molecule has 1 aromatic carbocycles. The van der Waals surface area contributed by atoms with Crippen LogP contribution in [0.1, 0.15) is 40.0 Å². The fourth-order valence-corrected chi connectivity index (χ4v) is 3.79. The fourth-order valence-electron chi connectivity index (χ4n) is 3.79. The zero-order valence-electron chi connectivity index (χ0n) is 15.4. The van der Waals surface area contributed by atoms with E-state index in [1.165, 1.54) is 6.42 Å². The highest BCUT2D eigenvalue weighted by Gasteiger charge is 2.38. The lowest BCUT2D eigenvalue weighted by atomic mass is 9.98. The number of anilines is 1. The molecule has 0 bridgehead atoms. The summed E-state index contributed by atoms with van der Waals surface area (Å²) in [5.41, 5.74) is 0.767. The van der Waals surface area contributed by atoms with Crippen molar-refractivity contribution in [2.45, 2.75) is 46.1 Å². The molecule has 2 aliphatic heterocycles. The standard InChI is InChI=1S/C20H28N2O3/c1-14(2)25-18-9-5-4-8-17(18)22-13-16(11-19(22)23)20(24)21-10-6-7-15(3)12-21/h4-5,8-9,14-16H,6-7,10-13H2,1-3H3. The Labute approximate surface area is 149 Å². The van der Waals surface area contributed by atoms with Crippen LogP contribution in [-0.4, -0.2) is 42.5 Å². The Hall–Kier alpha value is -2.04. The van der Waals surface area contributed by atoms with Crippen LogP contribution in [0.5, 0.6) is 5.75 Å². The Kier molecular flexibility index (Phi) is 5.30. The van der Waals surface area contributed by atoms with Crippen LogP contribution in [0.2, 0.25) is 0 Å². The maximum Gasteiger partial charge on any atom is 0.228 e. The number of para-hydroxylation sites is 2. The van der Waals surface area contributed by atoms with E-state index >= 15 is 0 Å². The maximum atomic E-state index is 12.8. The molecule has 3 rings (SSSR count). The third kappa shape index (κ3) is 3.97. The van der Waals surface area contributed by atoms with Crippen molar-refractivity contribution in [3.63, 3.8) is 0 Å². The Morgan fingerprint density at radius 3 is 2.72 bits per heavy atom. The predicted octanol–water partition coefficient (Wildman–Crippen LogP) is 3.09. The number of carbonyl (C=O) groups is 2. The van der Waals surface area contributed by atoms with Crippen molar-refractivity contribution in [2.75, 3.05) is 24.5 Å². The molecule has 25 heavy (non-hydrogen) atoms. The fraction of sp³-hybridized carbons (Fsp3) is 0.600. The summed E-state index contributed by atoms with van der Waals surface area (Å²) in [6, 6.07) is 7.58. The molecule has 0 aliphatic carbocycles. The topological polar surface area (TPSA) is 49.9 Å². The summed E-state index contributed by atoms with van der Waals surface area (Å²) in [5, 5.41) is 0. The smallest absolute Gasteiger partial charge is 0.228 e. The highest BCUT2D eigenvalue weighted by atomic mass is 16.5. The van der Waals surface area contributed by atoms with E-state index in [9.17, 15) is 9.59 Å². The van der Waals surface area contributed by atoms with Gasteiger partial charge in [-0.1, -0.05) is 19.1 Å². The van der Waals surface area contributed by atoms with Crippen LogP contribution in [-0.2, 0) is 9.59 Å². The first-order chi connectivity index (χ1) is 12.0. The Bertz CT molecular complexity index is 644. The minimum absolute atomic E-state index is 0.00298. The van der Waals surface area contributed by atoms with Crippen molar-refractivity contribution in [3.05, 3.63) is 24.3 Å². The number of hydrogen-bond donors (Lipinski definition) is 0. The van der Waals surface area contributed by atoms with Crippen LogP contribution in [0.4, 0.5) is 5.69 Å². The van der Waals surface area contributed by atoms with E-state index in [0.29, 0.717) is 24.6 Å². The molecule has 136 valence electrons. The number of likely N-dealkylation sites (tertiary alicyclic amines) is 1. The lowest BCUT2D eigenvalue weighted by molar-refractivity contribution is -0.137. The van der Waals surface area contributed by atoms with Crippen molar-refractivity contribution in [3.8, 4) is 5.75 Å². The van der Waals surface area contributed by atoms with Crippen LogP contribution in [0, 0.1) is 11.8 Å².